The maximum absolute atomic E-state index is 13.3. The first-order valence-corrected chi connectivity index (χ1v) is 7.43. The molecule has 1 N–H and O–H groups in total. The van der Waals surface area contributed by atoms with Crippen molar-refractivity contribution in [3.05, 3.63) is 64.7 Å². The summed E-state index contributed by atoms with van der Waals surface area (Å²) in [6.07, 6.45) is -4.57. The summed E-state index contributed by atoms with van der Waals surface area (Å²) >= 11 is 0. The van der Waals surface area contributed by atoms with Gasteiger partial charge in [0.15, 0.2) is 0 Å². The van der Waals surface area contributed by atoms with Crippen LogP contribution in [0.5, 0.6) is 0 Å². The fourth-order valence-electron chi connectivity index (χ4n) is 2.69. The van der Waals surface area contributed by atoms with Crippen LogP contribution in [-0.2, 0) is 11.0 Å². The number of aryl methyl sites for hydroxylation is 1. The number of nitrogens with zero attached hydrogens (tertiary/aromatic N) is 1. The molecular formula is C18H15F3N2O. The van der Waals surface area contributed by atoms with Gasteiger partial charge < -0.3 is 5.32 Å². The predicted octanol–water partition coefficient (Wildman–Crippen LogP) is 4.19. The van der Waals surface area contributed by atoms with Gasteiger partial charge in [0.1, 0.15) is 6.04 Å². The normalized spacial score (nSPS) is 17.6. The first-order valence-electron chi connectivity index (χ1n) is 7.43. The lowest BCUT2D eigenvalue weighted by Gasteiger charge is -2.16. The maximum Gasteiger partial charge on any atom is 0.418 e. The lowest BCUT2D eigenvalue weighted by Crippen LogP contribution is -2.23. The van der Waals surface area contributed by atoms with Gasteiger partial charge in [0, 0.05) is 11.1 Å². The molecule has 3 rings (SSSR count). The quantitative estimate of drug-likeness (QED) is 0.836. The molecule has 1 aliphatic rings. The highest BCUT2D eigenvalue weighted by Gasteiger charge is 2.37. The van der Waals surface area contributed by atoms with Crippen molar-refractivity contribution in [2.75, 3.05) is 5.32 Å². The van der Waals surface area contributed by atoms with Gasteiger partial charge in [-0.15, -0.1) is 0 Å². The monoisotopic (exact) mass is 332 g/mol. The molecule has 1 unspecified atom stereocenters. The zero-order chi connectivity index (χ0) is 17.5. The van der Waals surface area contributed by atoms with Gasteiger partial charge in [-0.05, 0) is 26.0 Å². The van der Waals surface area contributed by atoms with E-state index in [1.165, 1.54) is 6.07 Å². The number of para-hydroxylation sites is 1. The molecule has 0 saturated heterocycles. The highest BCUT2D eigenvalue weighted by Crippen LogP contribution is 2.38. The molecule has 1 amide bonds. The number of alkyl halides is 3. The summed E-state index contributed by atoms with van der Waals surface area (Å²) in [4.78, 5) is 16.5. The highest BCUT2D eigenvalue weighted by molar-refractivity contribution is 6.20. The first-order chi connectivity index (χ1) is 11.3. The first kappa shape index (κ1) is 16.2. The Balaban J connectivity index is 2.28. The number of rotatable bonds is 1. The molecule has 0 aliphatic carbocycles. The average Bonchev–Trinajstić information content (AvgIpc) is 2.63. The van der Waals surface area contributed by atoms with E-state index in [4.69, 9.17) is 0 Å². The van der Waals surface area contributed by atoms with Gasteiger partial charge in [0.25, 0.3) is 0 Å². The second-order valence-corrected chi connectivity index (χ2v) is 5.74. The third-order valence-corrected chi connectivity index (χ3v) is 3.87. The number of carbonyl (C=O) groups excluding carboxylic acids is 1. The van der Waals surface area contributed by atoms with E-state index in [1.807, 2.05) is 25.1 Å². The van der Waals surface area contributed by atoms with Crippen LogP contribution < -0.4 is 5.32 Å². The Bertz CT molecular complexity index is 840. The summed E-state index contributed by atoms with van der Waals surface area (Å²) in [5, 5.41) is 2.39. The molecule has 124 valence electrons. The van der Waals surface area contributed by atoms with Gasteiger partial charge in [-0.2, -0.15) is 13.2 Å². The molecule has 2 aromatic carbocycles. The van der Waals surface area contributed by atoms with E-state index in [0.29, 0.717) is 11.3 Å². The molecule has 0 spiro atoms. The molecule has 0 saturated carbocycles. The van der Waals surface area contributed by atoms with Crippen molar-refractivity contribution < 1.29 is 18.0 Å². The maximum atomic E-state index is 13.3. The lowest BCUT2D eigenvalue weighted by atomic mass is 9.96. The third kappa shape index (κ3) is 2.91. The van der Waals surface area contributed by atoms with Crippen molar-refractivity contribution in [1.29, 1.82) is 0 Å². The Hall–Kier alpha value is -2.63. The van der Waals surface area contributed by atoms with Crippen LogP contribution in [0.4, 0.5) is 18.9 Å². The molecular weight excluding hydrogens is 317 g/mol. The van der Waals surface area contributed by atoms with Gasteiger partial charge in [0.05, 0.1) is 17.0 Å². The van der Waals surface area contributed by atoms with E-state index in [-0.39, 0.29) is 11.3 Å². The minimum atomic E-state index is -4.57. The van der Waals surface area contributed by atoms with E-state index >= 15 is 0 Å². The Morgan fingerprint density at radius 2 is 1.83 bits per heavy atom. The summed E-state index contributed by atoms with van der Waals surface area (Å²) < 4.78 is 40.0. The number of nitrogens with one attached hydrogen (secondary N) is 1. The Morgan fingerprint density at radius 3 is 2.50 bits per heavy atom. The van der Waals surface area contributed by atoms with Crippen LogP contribution in [0.1, 0.15) is 29.2 Å². The van der Waals surface area contributed by atoms with Crippen LogP contribution in [0.2, 0.25) is 0 Å². The molecule has 1 atom stereocenters. The standard InChI is InChI=1S/C18H15F3N2O/c1-10-5-3-6-12(9-10)15-13-7-4-8-14(18(19,20)21)16(13)23-17(24)11(2)22-15/h3-9,11H,1-2H3,(H,23,24). The van der Waals surface area contributed by atoms with Crippen molar-refractivity contribution in [3.63, 3.8) is 0 Å². The number of halogens is 3. The molecule has 0 radical (unpaired) electrons. The van der Waals surface area contributed by atoms with Crippen LogP contribution in [0, 0.1) is 6.92 Å². The number of anilines is 1. The molecule has 1 aliphatic heterocycles. The number of benzene rings is 2. The Labute approximate surface area is 137 Å². The lowest BCUT2D eigenvalue weighted by molar-refractivity contribution is -0.137. The largest absolute Gasteiger partial charge is 0.418 e. The fourth-order valence-corrected chi connectivity index (χ4v) is 2.69. The number of aliphatic imine (C=N–C) groups is 1. The summed E-state index contributed by atoms with van der Waals surface area (Å²) in [6, 6.07) is 10.4. The van der Waals surface area contributed by atoms with Crippen LogP contribution >= 0.6 is 0 Å². The number of carbonyl (C=O) groups is 1. The zero-order valence-corrected chi connectivity index (χ0v) is 13.1. The molecule has 1 heterocycles. The number of amides is 1. The topological polar surface area (TPSA) is 41.5 Å². The van der Waals surface area contributed by atoms with E-state index in [2.05, 4.69) is 10.3 Å². The SMILES string of the molecule is Cc1cccc(C2=NC(C)C(=O)Nc3c2cccc3C(F)(F)F)c1. The number of hydrogen-bond donors (Lipinski definition) is 1. The molecule has 0 aromatic heterocycles. The number of benzodiazepines with no additional fused rings is 1. The Morgan fingerprint density at radius 1 is 1.12 bits per heavy atom. The highest BCUT2D eigenvalue weighted by atomic mass is 19.4. The van der Waals surface area contributed by atoms with E-state index in [9.17, 15) is 18.0 Å². The van der Waals surface area contributed by atoms with Crippen molar-refractivity contribution in [1.82, 2.24) is 0 Å². The van der Waals surface area contributed by atoms with Crippen molar-refractivity contribution in [2.24, 2.45) is 4.99 Å². The molecule has 0 fully saturated rings. The van der Waals surface area contributed by atoms with Crippen molar-refractivity contribution in [2.45, 2.75) is 26.1 Å². The molecule has 2 aromatic rings. The summed E-state index contributed by atoms with van der Waals surface area (Å²) in [6.45, 7) is 3.45. The van der Waals surface area contributed by atoms with Crippen molar-refractivity contribution in [3.8, 4) is 0 Å². The van der Waals surface area contributed by atoms with Crippen molar-refractivity contribution >= 4 is 17.3 Å². The molecule has 0 bridgehead atoms. The van der Waals surface area contributed by atoms with Gasteiger partial charge in [0.2, 0.25) is 5.91 Å². The average molecular weight is 332 g/mol. The summed E-state index contributed by atoms with van der Waals surface area (Å²) in [7, 11) is 0. The zero-order valence-electron chi connectivity index (χ0n) is 13.1. The van der Waals surface area contributed by atoms with Gasteiger partial charge >= 0.3 is 6.18 Å². The van der Waals surface area contributed by atoms with Gasteiger partial charge in [-0.25, -0.2) is 0 Å². The van der Waals surface area contributed by atoms with Gasteiger partial charge in [-0.1, -0.05) is 35.9 Å². The minimum Gasteiger partial charge on any atom is -0.323 e. The number of fused-ring (bicyclic) bond motifs is 1. The molecule has 6 heteroatoms. The second-order valence-electron chi connectivity index (χ2n) is 5.74. The second kappa shape index (κ2) is 5.78. The van der Waals surface area contributed by atoms with E-state index in [0.717, 1.165) is 11.6 Å². The van der Waals surface area contributed by atoms with Crippen LogP contribution in [0.25, 0.3) is 0 Å². The minimum absolute atomic E-state index is 0.236. The molecule has 3 nitrogen and oxygen atoms in total. The van der Waals surface area contributed by atoms with E-state index < -0.39 is 23.7 Å². The van der Waals surface area contributed by atoms with Crippen LogP contribution in [-0.4, -0.2) is 17.7 Å². The third-order valence-electron chi connectivity index (χ3n) is 3.87. The van der Waals surface area contributed by atoms with Gasteiger partial charge in [-0.3, -0.25) is 9.79 Å². The summed E-state index contributed by atoms with van der Waals surface area (Å²) in [5.41, 5.74) is 1.18. The Kier molecular flexibility index (Phi) is 3.91. The number of hydrogen-bond acceptors (Lipinski definition) is 2. The molecule has 24 heavy (non-hydrogen) atoms. The van der Waals surface area contributed by atoms with E-state index in [1.54, 1.807) is 19.1 Å². The van der Waals surface area contributed by atoms with Crippen LogP contribution in [0.15, 0.2) is 47.5 Å². The predicted molar refractivity (Wildman–Crippen MR) is 86.4 cm³/mol. The smallest absolute Gasteiger partial charge is 0.323 e. The fraction of sp³-hybridized carbons (Fsp3) is 0.222. The summed E-state index contributed by atoms with van der Waals surface area (Å²) in [5.74, 6) is -0.560. The van der Waals surface area contributed by atoms with Crippen LogP contribution in [0.3, 0.4) is 0 Å².